The Labute approximate surface area is 142 Å². The van der Waals surface area contributed by atoms with Gasteiger partial charge in [-0.2, -0.15) is 0 Å². The van der Waals surface area contributed by atoms with E-state index < -0.39 is 20.1 Å². The van der Waals surface area contributed by atoms with Crippen molar-refractivity contribution in [1.82, 2.24) is 0 Å². The smallest absolute Gasteiger partial charge is 0.147 e. The SMILES string of the molecule is C[Si](C)=[Hf]([C]1=CC=CC1)[CH]1C=Cc2ccccc21.Cl.Cl. The van der Waals surface area contributed by atoms with Gasteiger partial charge in [0.15, 0.2) is 0 Å². The summed E-state index contributed by atoms with van der Waals surface area (Å²) in [4.78, 5) is 0. The molecule has 20 heavy (non-hydrogen) atoms. The standard InChI is InChI=1S/C9H7.C5H5.C2H6Si.2ClH.Hf/c1-2-5-9-7-3-6-8(9)4-1;1-2-4-5-3-1;1-3-2;;;/h1-7H;1-3H,4H2;1-2H3;2*1H;. The van der Waals surface area contributed by atoms with E-state index in [2.05, 4.69) is 67.7 Å². The van der Waals surface area contributed by atoms with E-state index >= 15 is 0 Å². The molecule has 0 aromatic heterocycles. The van der Waals surface area contributed by atoms with Crippen molar-refractivity contribution in [3.63, 3.8) is 0 Å². The van der Waals surface area contributed by atoms with E-state index in [9.17, 15) is 0 Å². The summed E-state index contributed by atoms with van der Waals surface area (Å²) in [5.74, 6) is 0. The Kier molecular flexibility index (Phi) is 7.20. The van der Waals surface area contributed by atoms with Gasteiger partial charge in [0.25, 0.3) is 0 Å². The van der Waals surface area contributed by atoms with Crippen LogP contribution in [0.4, 0.5) is 0 Å². The van der Waals surface area contributed by atoms with Gasteiger partial charge in [0.2, 0.25) is 0 Å². The predicted octanol–water partition coefficient (Wildman–Crippen LogP) is 5.31. The first-order chi connectivity index (χ1) is 8.77. The van der Waals surface area contributed by atoms with Crippen molar-refractivity contribution in [2.75, 3.05) is 0 Å². The molecule has 0 spiro atoms. The maximum absolute atomic E-state index is 2.54. The average molecular weight is 490 g/mol. The van der Waals surface area contributed by atoms with Crippen molar-refractivity contribution in [2.45, 2.75) is 23.2 Å². The van der Waals surface area contributed by atoms with Crippen molar-refractivity contribution in [2.24, 2.45) is 0 Å². The zero-order valence-corrected chi connectivity index (χ0v) is 18.0. The molecular formula is C16H20Cl2HfSi. The van der Waals surface area contributed by atoms with Gasteiger partial charge < -0.3 is 0 Å². The number of fused-ring (bicyclic) bond motifs is 1. The van der Waals surface area contributed by atoms with Gasteiger partial charge in [0.1, 0.15) is 0 Å². The first kappa shape index (κ1) is 18.2. The van der Waals surface area contributed by atoms with Crippen molar-refractivity contribution in [3.8, 4) is 0 Å². The molecule has 1 aromatic rings. The minimum Gasteiger partial charge on any atom is -0.147 e. The Morgan fingerprint density at radius 2 is 1.90 bits per heavy atom. The van der Waals surface area contributed by atoms with Gasteiger partial charge >= 0.3 is 118 Å². The zero-order valence-electron chi connectivity index (χ0n) is 11.8. The predicted molar refractivity (Wildman–Crippen MR) is 92.0 cm³/mol. The molecule has 106 valence electrons. The van der Waals surface area contributed by atoms with Crippen LogP contribution in [0.5, 0.6) is 0 Å². The topological polar surface area (TPSA) is 0 Å². The summed E-state index contributed by atoms with van der Waals surface area (Å²) in [6.45, 7) is 5.08. The summed E-state index contributed by atoms with van der Waals surface area (Å²) in [6, 6.07) is 9.00. The third-order valence-electron chi connectivity index (χ3n) is 3.77. The van der Waals surface area contributed by atoms with Crippen LogP contribution in [0.2, 0.25) is 13.1 Å². The number of benzene rings is 1. The van der Waals surface area contributed by atoms with E-state index in [-0.39, 0.29) is 30.3 Å². The summed E-state index contributed by atoms with van der Waals surface area (Å²) in [6.07, 6.45) is 13.2. The third-order valence-corrected chi connectivity index (χ3v) is 29.5. The van der Waals surface area contributed by atoms with Gasteiger partial charge in [-0.25, -0.2) is 0 Å². The van der Waals surface area contributed by atoms with Gasteiger partial charge in [-0.1, -0.05) is 0 Å². The molecule has 1 aromatic carbocycles. The molecule has 0 radical (unpaired) electrons. The van der Waals surface area contributed by atoms with Gasteiger partial charge in [0, 0.05) is 0 Å². The fraction of sp³-hybridized carbons (Fsp3) is 0.250. The number of hydrogen-bond donors (Lipinski definition) is 0. The van der Waals surface area contributed by atoms with Crippen LogP contribution in [0.15, 0.2) is 51.9 Å². The van der Waals surface area contributed by atoms with Crippen molar-refractivity contribution in [1.29, 1.82) is 0 Å². The molecule has 1 atom stereocenters. The van der Waals surface area contributed by atoms with Crippen LogP contribution in [0, 0.1) is 0 Å². The number of halogens is 2. The molecule has 0 nitrogen and oxygen atoms in total. The summed E-state index contributed by atoms with van der Waals surface area (Å²) in [7, 11) is 0. The molecule has 0 amide bonds. The Morgan fingerprint density at radius 1 is 1.15 bits per heavy atom. The molecule has 0 fully saturated rings. The molecule has 3 rings (SSSR count). The second kappa shape index (κ2) is 7.93. The third kappa shape index (κ3) is 3.46. The van der Waals surface area contributed by atoms with Crippen LogP contribution < -0.4 is 0 Å². The fourth-order valence-corrected chi connectivity index (χ4v) is 28.2. The average Bonchev–Trinajstić information content (AvgIpc) is 3.00. The van der Waals surface area contributed by atoms with E-state index in [1.165, 1.54) is 12.0 Å². The van der Waals surface area contributed by atoms with Crippen molar-refractivity contribution >= 4 is 36.4 Å². The van der Waals surface area contributed by atoms with Crippen LogP contribution in [-0.4, -0.2) is 5.49 Å². The Morgan fingerprint density at radius 3 is 2.55 bits per heavy atom. The van der Waals surface area contributed by atoms with Gasteiger partial charge in [0.05, 0.1) is 0 Å². The molecule has 0 saturated carbocycles. The second-order valence-electron chi connectivity index (χ2n) is 5.20. The molecule has 0 bridgehead atoms. The summed E-state index contributed by atoms with van der Waals surface area (Å²) >= 11 is -1.68. The maximum atomic E-state index is 2.54. The molecule has 4 heteroatoms. The van der Waals surface area contributed by atoms with E-state index in [4.69, 9.17) is 0 Å². The quantitative estimate of drug-likeness (QED) is 0.494. The number of rotatable bonds is 2. The van der Waals surface area contributed by atoms with E-state index in [1.54, 1.807) is 5.56 Å². The van der Waals surface area contributed by atoms with Crippen LogP contribution in [0.3, 0.4) is 0 Å². The zero-order chi connectivity index (χ0) is 12.5. The van der Waals surface area contributed by atoms with Crippen LogP contribution in [0.1, 0.15) is 21.2 Å². The van der Waals surface area contributed by atoms with Crippen molar-refractivity contribution in [3.05, 3.63) is 63.0 Å². The molecule has 1 unspecified atom stereocenters. The van der Waals surface area contributed by atoms with Crippen LogP contribution in [-0.2, 0) is 20.1 Å². The minimum atomic E-state index is -1.68. The molecule has 2 aliphatic carbocycles. The Hall–Kier alpha value is 0.107. The Balaban J connectivity index is 0.000001000. The van der Waals surface area contributed by atoms with Crippen molar-refractivity contribution < 1.29 is 20.1 Å². The first-order valence-electron chi connectivity index (χ1n) is 6.58. The summed E-state index contributed by atoms with van der Waals surface area (Å²) < 4.78 is 2.67. The monoisotopic (exact) mass is 490 g/mol. The van der Waals surface area contributed by atoms with E-state index in [0.717, 1.165) is 3.67 Å². The van der Waals surface area contributed by atoms with Crippen LogP contribution in [0.25, 0.3) is 6.08 Å². The summed E-state index contributed by atoms with van der Waals surface area (Å²) in [5, 5.41) is 0. The second-order valence-corrected chi connectivity index (χ2v) is 29.9. The molecule has 0 saturated heterocycles. The van der Waals surface area contributed by atoms with Gasteiger partial charge in [-0.15, -0.1) is 24.8 Å². The largest absolute Gasteiger partial charge is 0.147 e. The molecule has 0 heterocycles. The van der Waals surface area contributed by atoms with Gasteiger partial charge in [-0.05, 0) is 0 Å². The van der Waals surface area contributed by atoms with Gasteiger partial charge in [-0.3, -0.25) is 0 Å². The molecule has 2 aliphatic rings. The van der Waals surface area contributed by atoms with Crippen LogP contribution >= 0.6 is 24.8 Å². The van der Waals surface area contributed by atoms with E-state index in [1.807, 2.05) is 3.33 Å². The molecule has 0 aliphatic heterocycles. The normalized spacial score (nSPS) is 17.9. The molecule has 0 N–H and O–H groups in total. The van der Waals surface area contributed by atoms with E-state index in [0.29, 0.717) is 0 Å². The maximum Gasteiger partial charge on any atom is -0.147 e. The summed E-state index contributed by atoms with van der Waals surface area (Å²) in [5.41, 5.74) is 2.97. The fourth-order valence-electron chi connectivity index (χ4n) is 2.98. The first-order valence-corrected chi connectivity index (χ1v) is 18.3. The number of allylic oxidation sites excluding steroid dienone is 5. The Bertz CT molecular complexity index is 611. The number of hydrogen-bond acceptors (Lipinski definition) is 0. The molecular weight excluding hydrogens is 470 g/mol. The minimum absolute atomic E-state index is 0.